The molecule has 1 saturated heterocycles. The summed E-state index contributed by atoms with van der Waals surface area (Å²) in [5.41, 5.74) is 1.16. The lowest BCUT2D eigenvalue weighted by Crippen LogP contribution is -2.44. The molecule has 2 heterocycles. The third kappa shape index (κ3) is 3.82. The van der Waals surface area contributed by atoms with Crippen molar-refractivity contribution in [1.82, 2.24) is 15.0 Å². The van der Waals surface area contributed by atoms with Crippen LogP contribution in [0.3, 0.4) is 0 Å². The molecule has 1 unspecified atom stereocenters. The van der Waals surface area contributed by atoms with E-state index in [2.05, 4.69) is 10.1 Å². The number of morpholine rings is 1. The number of hydrogen-bond donors (Lipinski definition) is 0. The van der Waals surface area contributed by atoms with E-state index in [1.165, 1.54) is 0 Å². The van der Waals surface area contributed by atoms with Gasteiger partial charge in [-0.25, -0.2) is 0 Å². The SMILES string of the molecule is CC(C)c1nc(C2COCCN2C(=O)CCc2ccccc2)no1. The summed E-state index contributed by atoms with van der Waals surface area (Å²) in [6.07, 6.45) is 1.20. The zero-order chi connectivity index (χ0) is 16.9. The number of hydrogen-bond acceptors (Lipinski definition) is 5. The maximum Gasteiger partial charge on any atom is 0.229 e. The molecule has 1 aromatic heterocycles. The molecule has 1 aliphatic rings. The predicted octanol–water partition coefficient (Wildman–Crippen LogP) is 2.73. The molecule has 0 radical (unpaired) electrons. The van der Waals surface area contributed by atoms with Gasteiger partial charge >= 0.3 is 0 Å². The number of carbonyl (C=O) groups is 1. The van der Waals surface area contributed by atoms with Crippen LogP contribution >= 0.6 is 0 Å². The molecule has 1 aromatic carbocycles. The van der Waals surface area contributed by atoms with Crippen LogP contribution in [-0.2, 0) is 16.0 Å². The maximum atomic E-state index is 12.7. The molecule has 6 nitrogen and oxygen atoms in total. The lowest BCUT2D eigenvalue weighted by Gasteiger charge is -2.33. The summed E-state index contributed by atoms with van der Waals surface area (Å²) in [6.45, 7) is 5.51. The van der Waals surface area contributed by atoms with Gasteiger partial charge in [0, 0.05) is 18.9 Å². The van der Waals surface area contributed by atoms with E-state index in [4.69, 9.17) is 9.26 Å². The van der Waals surface area contributed by atoms with Crippen LogP contribution in [0.25, 0.3) is 0 Å². The number of benzene rings is 1. The first-order valence-electron chi connectivity index (χ1n) is 8.40. The van der Waals surface area contributed by atoms with Gasteiger partial charge in [-0.15, -0.1) is 0 Å². The molecule has 0 spiro atoms. The Labute approximate surface area is 141 Å². The summed E-state index contributed by atoms with van der Waals surface area (Å²) >= 11 is 0. The second-order valence-corrected chi connectivity index (χ2v) is 6.31. The molecule has 3 rings (SSSR count). The number of nitrogens with zero attached hydrogens (tertiary/aromatic N) is 3. The lowest BCUT2D eigenvalue weighted by atomic mass is 10.1. The van der Waals surface area contributed by atoms with Gasteiger partial charge in [0.1, 0.15) is 6.04 Å². The van der Waals surface area contributed by atoms with E-state index in [0.717, 1.165) is 12.0 Å². The van der Waals surface area contributed by atoms with Crippen molar-refractivity contribution >= 4 is 5.91 Å². The minimum Gasteiger partial charge on any atom is -0.377 e. The van der Waals surface area contributed by atoms with Crippen LogP contribution in [0.4, 0.5) is 0 Å². The molecule has 0 saturated carbocycles. The van der Waals surface area contributed by atoms with Gasteiger partial charge in [0.25, 0.3) is 0 Å². The van der Waals surface area contributed by atoms with Crippen molar-refractivity contribution in [3.05, 3.63) is 47.6 Å². The lowest BCUT2D eigenvalue weighted by molar-refractivity contribution is -0.140. The summed E-state index contributed by atoms with van der Waals surface area (Å²) in [5, 5.41) is 4.05. The van der Waals surface area contributed by atoms with Crippen molar-refractivity contribution in [3.63, 3.8) is 0 Å². The van der Waals surface area contributed by atoms with Crippen molar-refractivity contribution in [2.75, 3.05) is 19.8 Å². The molecular weight excluding hydrogens is 306 g/mol. The van der Waals surface area contributed by atoms with Gasteiger partial charge in [0.15, 0.2) is 5.82 Å². The minimum absolute atomic E-state index is 0.100. The van der Waals surface area contributed by atoms with E-state index in [9.17, 15) is 4.79 Å². The minimum atomic E-state index is -0.265. The Kier molecular flexibility index (Phi) is 5.25. The van der Waals surface area contributed by atoms with Gasteiger partial charge in [-0.1, -0.05) is 49.3 Å². The second kappa shape index (κ2) is 7.57. The largest absolute Gasteiger partial charge is 0.377 e. The van der Waals surface area contributed by atoms with Crippen LogP contribution in [0.15, 0.2) is 34.9 Å². The second-order valence-electron chi connectivity index (χ2n) is 6.31. The third-order valence-corrected chi connectivity index (χ3v) is 4.17. The average Bonchev–Trinajstić information content (AvgIpc) is 3.11. The molecule has 24 heavy (non-hydrogen) atoms. The maximum absolute atomic E-state index is 12.7. The van der Waals surface area contributed by atoms with Crippen molar-refractivity contribution < 1.29 is 14.1 Å². The fourth-order valence-electron chi connectivity index (χ4n) is 2.77. The van der Waals surface area contributed by atoms with Crippen molar-refractivity contribution in [3.8, 4) is 0 Å². The highest BCUT2D eigenvalue weighted by atomic mass is 16.5. The number of aryl methyl sites for hydroxylation is 1. The topological polar surface area (TPSA) is 68.5 Å². The molecule has 1 atom stereocenters. The van der Waals surface area contributed by atoms with E-state index < -0.39 is 0 Å². The zero-order valence-corrected chi connectivity index (χ0v) is 14.1. The first kappa shape index (κ1) is 16.6. The Morgan fingerprint density at radius 3 is 2.83 bits per heavy atom. The molecule has 0 bridgehead atoms. The average molecular weight is 329 g/mol. The fraction of sp³-hybridized carbons (Fsp3) is 0.500. The Hall–Kier alpha value is -2.21. The quantitative estimate of drug-likeness (QED) is 0.843. The van der Waals surface area contributed by atoms with Gasteiger partial charge in [0.05, 0.1) is 13.2 Å². The molecule has 0 N–H and O–H groups in total. The van der Waals surface area contributed by atoms with Crippen molar-refractivity contribution in [2.45, 2.75) is 38.6 Å². The van der Waals surface area contributed by atoms with E-state index >= 15 is 0 Å². The summed E-state index contributed by atoms with van der Waals surface area (Å²) in [5.74, 6) is 1.39. The molecule has 1 fully saturated rings. The third-order valence-electron chi connectivity index (χ3n) is 4.17. The highest BCUT2D eigenvalue weighted by molar-refractivity contribution is 5.77. The van der Waals surface area contributed by atoms with Crippen LogP contribution in [0.5, 0.6) is 0 Å². The number of aromatic nitrogens is 2. The summed E-state index contributed by atoms with van der Waals surface area (Å²) < 4.78 is 10.8. The fourth-order valence-corrected chi connectivity index (χ4v) is 2.77. The van der Waals surface area contributed by atoms with Gasteiger partial charge < -0.3 is 14.2 Å². The predicted molar refractivity (Wildman–Crippen MR) is 88.4 cm³/mol. The van der Waals surface area contributed by atoms with Gasteiger partial charge in [0.2, 0.25) is 11.8 Å². The molecule has 2 aromatic rings. The smallest absolute Gasteiger partial charge is 0.229 e. The summed E-state index contributed by atoms with van der Waals surface area (Å²) in [7, 11) is 0. The monoisotopic (exact) mass is 329 g/mol. The number of rotatable bonds is 5. The van der Waals surface area contributed by atoms with Gasteiger partial charge in [-0.05, 0) is 12.0 Å². The summed E-state index contributed by atoms with van der Waals surface area (Å²) in [6, 6.07) is 9.77. The Morgan fingerprint density at radius 1 is 1.33 bits per heavy atom. The zero-order valence-electron chi connectivity index (χ0n) is 14.1. The standard InChI is InChI=1S/C18H23N3O3/c1-13(2)18-19-17(20-24-18)15-12-23-11-10-21(15)16(22)9-8-14-6-4-3-5-7-14/h3-7,13,15H,8-12H2,1-2H3. The number of carbonyl (C=O) groups excluding carboxylic acids is 1. The number of amides is 1. The van der Waals surface area contributed by atoms with Crippen LogP contribution in [0, 0.1) is 0 Å². The Bertz CT molecular complexity index is 669. The van der Waals surface area contributed by atoms with Crippen LogP contribution in [0.1, 0.15) is 49.5 Å². The first-order chi connectivity index (χ1) is 11.6. The van der Waals surface area contributed by atoms with Gasteiger partial charge in [-0.2, -0.15) is 4.98 Å². The van der Waals surface area contributed by atoms with Crippen molar-refractivity contribution in [1.29, 1.82) is 0 Å². The van der Waals surface area contributed by atoms with E-state index in [1.807, 2.05) is 49.1 Å². The van der Waals surface area contributed by atoms with Gasteiger partial charge in [-0.3, -0.25) is 4.79 Å². The molecule has 1 aliphatic heterocycles. The molecule has 6 heteroatoms. The highest BCUT2D eigenvalue weighted by Crippen LogP contribution is 2.24. The normalized spacial score (nSPS) is 18.1. The molecule has 128 valence electrons. The first-order valence-corrected chi connectivity index (χ1v) is 8.40. The van der Waals surface area contributed by atoms with E-state index in [0.29, 0.717) is 37.9 Å². The number of ether oxygens (including phenoxy) is 1. The Balaban J connectivity index is 1.68. The highest BCUT2D eigenvalue weighted by Gasteiger charge is 2.32. The molecular formula is C18H23N3O3. The van der Waals surface area contributed by atoms with Crippen molar-refractivity contribution in [2.24, 2.45) is 0 Å². The Morgan fingerprint density at radius 2 is 2.12 bits per heavy atom. The molecule has 1 amide bonds. The van der Waals surface area contributed by atoms with Crippen LogP contribution in [0.2, 0.25) is 0 Å². The molecule has 0 aliphatic carbocycles. The van der Waals surface area contributed by atoms with Crippen LogP contribution in [-0.4, -0.2) is 40.7 Å². The van der Waals surface area contributed by atoms with E-state index in [1.54, 1.807) is 0 Å². The van der Waals surface area contributed by atoms with Crippen LogP contribution < -0.4 is 0 Å². The summed E-state index contributed by atoms with van der Waals surface area (Å²) in [4.78, 5) is 18.9. The van der Waals surface area contributed by atoms with E-state index in [-0.39, 0.29) is 17.9 Å².